The number of nitro benzene ring substituents is 1. The summed E-state index contributed by atoms with van der Waals surface area (Å²) in [7, 11) is 0. The molecular weight excluding hydrogens is 283 g/mol. The van der Waals surface area contributed by atoms with Crippen LogP contribution in [-0.2, 0) is 12.6 Å². The number of nitrogens with zero attached hydrogens (tertiary/aromatic N) is 1. The van der Waals surface area contributed by atoms with Crippen LogP contribution in [0.4, 0.5) is 18.9 Å². The molecule has 1 aliphatic carbocycles. The number of benzene rings is 1. The number of hydrogen-bond acceptors (Lipinski definition) is 2. The molecule has 1 aromatic rings. The van der Waals surface area contributed by atoms with E-state index in [0.29, 0.717) is 6.07 Å². The van der Waals surface area contributed by atoms with E-state index < -0.39 is 22.4 Å². The molecule has 1 saturated carbocycles. The van der Waals surface area contributed by atoms with Crippen LogP contribution in [0.1, 0.15) is 24.0 Å². The van der Waals surface area contributed by atoms with Crippen molar-refractivity contribution < 1.29 is 18.1 Å². The number of hydrogen-bond donors (Lipinski definition) is 0. The van der Waals surface area contributed by atoms with Crippen LogP contribution >= 0.6 is 11.6 Å². The predicted molar refractivity (Wildman–Crippen MR) is 64.2 cm³/mol. The molecule has 1 atom stereocenters. The molecule has 3 nitrogen and oxygen atoms in total. The molecule has 2 rings (SSSR count). The third kappa shape index (κ3) is 3.37. The Balaban J connectivity index is 2.33. The average molecular weight is 294 g/mol. The van der Waals surface area contributed by atoms with E-state index in [1.807, 2.05) is 0 Å². The van der Waals surface area contributed by atoms with E-state index >= 15 is 0 Å². The molecule has 0 radical (unpaired) electrons. The summed E-state index contributed by atoms with van der Waals surface area (Å²) in [6, 6.07) is 2.81. The summed E-state index contributed by atoms with van der Waals surface area (Å²) in [6.45, 7) is 0. The summed E-state index contributed by atoms with van der Waals surface area (Å²) in [6.07, 6.45) is -2.66. The molecule has 0 aliphatic heterocycles. The van der Waals surface area contributed by atoms with Crippen LogP contribution in [0, 0.1) is 16.0 Å². The van der Waals surface area contributed by atoms with E-state index in [1.165, 1.54) is 0 Å². The molecule has 0 amide bonds. The fourth-order valence-electron chi connectivity index (χ4n) is 1.95. The molecule has 0 N–H and O–H groups in total. The molecule has 1 aliphatic rings. The molecule has 0 saturated heterocycles. The molecule has 7 heteroatoms. The second kappa shape index (κ2) is 5.00. The Kier molecular flexibility index (Phi) is 3.71. The molecule has 1 fully saturated rings. The van der Waals surface area contributed by atoms with Crippen molar-refractivity contribution in [2.24, 2.45) is 5.92 Å². The van der Waals surface area contributed by atoms with Crippen LogP contribution in [0.3, 0.4) is 0 Å². The lowest BCUT2D eigenvalue weighted by Gasteiger charge is -2.15. The molecule has 1 unspecified atom stereocenters. The fourth-order valence-corrected chi connectivity index (χ4v) is 2.37. The third-order valence-corrected chi connectivity index (χ3v) is 3.67. The fraction of sp³-hybridized carbons (Fsp3) is 0.500. The monoisotopic (exact) mass is 293 g/mol. The van der Waals surface area contributed by atoms with Gasteiger partial charge in [-0.1, -0.05) is 6.07 Å². The lowest BCUT2D eigenvalue weighted by molar-refractivity contribution is -0.385. The van der Waals surface area contributed by atoms with E-state index in [0.717, 1.165) is 25.0 Å². The summed E-state index contributed by atoms with van der Waals surface area (Å²) < 4.78 is 38.7. The van der Waals surface area contributed by atoms with Crippen molar-refractivity contribution in [3.63, 3.8) is 0 Å². The highest BCUT2D eigenvalue weighted by Gasteiger charge is 2.37. The van der Waals surface area contributed by atoms with E-state index in [1.54, 1.807) is 0 Å². The van der Waals surface area contributed by atoms with Crippen molar-refractivity contribution in [3.8, 4) is 0 Å². The van der Waals surface area contributed by atoms with Crippen LogP contribution in [-0.4, -0.2) is 10.3 Å². The Bertz CT molecular complexity index is 500. The quantitative estimate of drug-likeness (QED) is 0.475. The summed E-state index contributed by atoms with van der Waals surface area (Å²) in [5.41, 5.74) is -1.51. The minimum absolute atomic E-state index is 0.0185. The van der Waals surface area contributed by atoms with E-state index in [9.17, 15) is 23.3 Å². The van der Waals surface area contributed by atoms with Gasteiger partial charge in [0.1, 0.15) is 0 Å². The molecule has 0 aromatic heterocycles. The average Bonchev–Trinajstić information content (AvgIpc) is 3.11. The van der Waals surface area contributed by atoms with Crippen molar-refractivity contribution in [1.29, 1.82) is 0 Å². The normalized spacial score (nSPS) is 17.3. The standard InChI is InChI=1S/C12H11ClF3NO2/c13-11(7-1-2-7)5-8-3-4-9(17(18)19)6-10(8)12(14,15)16/h3-4,6-7,11H,1-2,5H2. The number of non-ortho nitro benzene ring substituents is 1. The lowest BCUT2D eigenvalue weighted by Crippen LogP contribution is -2.14. The summed E-state index contributed by atoms with van der Waals surface area (Å²) in [5, 5.41) is 10.2. The molecule has 0 spiro atoms. The first-order chi connectivity index (χ1) is 8.79. The maximum Gasteiger partial charge on any atom is 0.416 e. The Morgan fingerprint density at radius 3 is 2.53 bits per heavy atom. The third-order valence-electron chi connectivity index (χ3n) is 3.16. The van der Waals surface area contributed by atoms with E-state index in [2.05, 4.69) is 0 Å². The van der Waals surface area contributed by atoms with Crippen LogP contribution in [0.25, 0.3) is 0 Å². The van der Waals surface area contributed by atoms with Gasteiger partial charge in [-0.2, -0.15) is 13.2 Å². The molecule has 1 aromatic carbocycles. The predicted octanol–water partition coefficient (Wildman–Crippen LogP) is 4.17. The van der Waals surface area contributed by atoms with Crippen LogP contribution < -0.4 is 0 Å². The maximum atomic E-state index is 12.9. The van der Waals surface area contributed by atoms with Crippen molar-refractivity contribution in [2.75, 3.05) is 0 Å². The van der Waals surface area contributed by atoms with Crippen molar-refractivity contribution in [3.05, 3.63) is 39.4 Å². The Morgan fingerprint density at radius 2 is 2.05 bits per heavy atom. The van der Waals surface area contributed by atoms with Gasteiger partial charge >= 0.3 is 6.18 Å². The van der Waals surface area contributed by atoms with Crippen LogP contribution in [0.5, 0.6) is 0 Å². The van der Waals surface area contributed by atoms with E-state index in [4.69, 9.17) is 11.6 Å². The lowest BCUT2D eigenvalue weighted by atomic mass is 10.00. The summed E-state index contributed by atoms with van der Waals surface area (Å²) in [4.78, 5) is 9.71. The maximum absolute atomic E-state index is 12.9. The first-order valence-corrected chi connectivity index (χ1v) is 6.21. The molecule has 0 bridgehead atoms. The van der Waals surface area contributed by atoms with E-state index in [-0.39, 0.29) is 23.3 Å². The molecule has 19 heavy (non-hydrogen) atoms. The smallest absolute Gasteiger partial charge is 0.258 e. The van der Waals surface area contributed by atoms with Gasteiger partial charge in [-0.25, -0.2) is 0 Å². The first kappa shape index (κ1) is 14.1. The number of halogens is 4. The van der Waals surface area contributed by atoms with Gasteiger partial charge in [-0.3, -0.25) is 10.1 Å². The topological polar surface area (TPSA) is 43.1 Å². The number of alkyl halides is 4. The van der Waals surface area contributed by atoms with Crippen molar-refractivity contribution in [1.82, 2.24) is 0 Å². The highest BCUT2D eigenvalue weighted by molar-refractivity contribution is 6.21. The van der Waals surface area contributed by atoms with Gasteiger partial charge in [0.05, 0.1) is 10.5 Å². The Hall–Kier alpha value is -1.30. The molecule has 104 valence electrons. The summed E-state index contributed by atoms with van der Waals surface area (Å²) >= 11 is 6.04. The Morgan fingerprint density at radius 1 is 1.42 bits per heavy atom. The zero-order valence-electron chi connectivity index (χ0n) is 9.78. The highest BCUT2D eigenvalue weighted by atomic mass is 35.5. The van der Waals surface area contributed by atoms with Crippen molar-refractivity contribution in [2.45, 2.75) is 30.8 Å². The summed E-state index contributed by atoms with van der Waals surface area (Å²) in [5.74, 6) is 0.262. The second-order valence-electron chi connectivity index (χ2n) is 4.65. The van der Waals surface area contributed by atoms with Crippen LogP contribution in [0.2, 0.25) is 0 Å². The van der Waals surface area contributed by atoms with Gasteiger partial charge in [0.2, 0.25) is 0 Å². The molecule has 0 heterocycles. The van der Waals surface area contributed by atoms with Gasteiger partial charge in [0.25, 0.3) is 5.69 Å². The van der Waals surface area contributed by atoms with Gasteiger partial charge in [0, 0.05) is 17.5 Å². The van der Waals surface area contributed by atoms with Gasteiger partial charge in [-0.15, -0.1) is 11.6 Å². The zero-order chi connectivity index (χ0) is 14.2. The SMILES string of the molecule is O=[N+]([O-])c1ccc(CC(Cl)C2CC2)c(C(F)(F)F)c1. The van der Waals surface area contributed by atoms with Crippen LogP contribution in [0.15, 0.2) is 18.2 Å². The zero-order valence-corrected chi connectivity index (χ0v) is 10.5. The number of rotatable bonds is 4. The Labute approximate surface area is 112 Å². The van der Waals surface area contributed by atoms with Gasteiger partial charge in [0.15, 0.2) is 0 Å². The minimum atomic E-state index is -4.61. The minimum Gasteiger partial charge on any atom is -0.258 e. The first-order valence-electron chi connectivity index (χ1n) is 5.77. The highest BCUT2D eigenvalue weighted by Crippen LogP contribution is 2.40. The largest absolute Gasteiger partial charge is 0.416 e. The molecular formula is C12H11ClF3NO2. The van der Waals surface area contributed by atoms with Gasteiger partial charge in [-0.05, 0) is 30.7 Å². The van der Waals surface area contributed by atoms with Crippen molar-refractivity contribution >= 4 is 17.3 Å². The van der Waals surface area contributed by atoms with Gasteiger partial charge < -0.3 is 0 Å². The number of nitro groups is 1. The second-order valence-corrected chi connectivity index (χ2v) is 5.21.